The van der Waals surface area contributed by atoms with E-state index in [2.05, 4.69) is 0 Å². The predicted molar refractivity (Wildman–Crippen MR) is 121 cm³/mol. The third-order valence-corrected chi connectivity index (χ3v) is 8.43. The summed E-state index contributed by atoms with van der Waals surface area (Å²) in [6.07, 6.45) is -1.98. The summed E-state index contributed by atoms with van der Waals surface area (Å²) in [4.78, 5) is 40.8. The fraction of sp³-hybridized carbons (Fsp3) is 0.458. The van der Waals surface area contributed by atoms with Crippen molar-refractivity contribution >= 4 is 23.2 Å². The van der Waals surface area contributed by atoms with Crippen molar-refractivity contribution in [1.82, 2.24) is 4.90 Å². The van der Waals surface area contributed by atoms with E-state index in [0.717, 1.165) is 0 Å². The fourth-order valence-corrected chi connectivity index (χ4v) is 6.48. The average molecular weight is 488 g/mol. The van der Waals surface area contributed by atoms with Crippen molar-refractivity contribution in [2.75, 3.05) is 14.1 Å². The van der Waals surface area contributed by atoms with Crippen LogP contribution < -0.4 is 5.73 Å². The lowest BCUT2D eigenvalue weighted by Gasteiger charge is -2.65. The summed E-state index contributed by atoms with van der Waals surface area (Å²) < 4.78 is 0. The fourth-order valence-electron chi connectivity index (χ4n) is 6.48. The molecule has 6 atom stereocenters. The number of carbonyl (C=O) groups is 3. The molecule has 0 aliphatic heterocycles. The molecule has 3 aliphatic rings. The van der Waals surface area contributed by atoms with Crippen LogP contribution in [0, 0.1) is 10.8 Å². The minimum absolute atomic E-state index is 0.0109. The number of rotatable bonds is 2. The van der Waals surface area contributed by atoms with E-state index in [1.165, 1.54) is 58.0 Å². The number of nitrogens with two attached hydrogens (primary N) is 1. The molecule has 11 heteroatoms. The first-order chi connectivity index (χ1) is 15.9. The van der Waals surface area contributed by atoms with Crippen molar-refractivity contribution in [2.45, 2.75) is 44.1 Å². The SMILES string of the molecule is CN(C)[C@@H]1C(=O)C(C(N)=O)=C(O)[C@@]2(O)C(=O)C3=C(O)c4c(O)cccc4[C@@](C)(O)[C@@]3(C)[C@H](O)[C@@]12C. The Hall–Kier alpha value is -3.25. The van der Waals surface area contributed by atoms with Crippen LogP contribution in [0.2, 0.25) is 0 Å². The van der Waals surface area contributed by atoms with Crippen molar-refractivity contribution in [3.63, 3.8) is 0 Å². The number of primary amides is 1. The van der Waals surface area contributed by atoms with Crippen LogP contribution in [0.5, 0.6) is 5.75 Å². The molecule has 0 radical (unpaired) electrons. The summed E-state index contributed by atoms with van der Waals surface area (Å²) in [5.74, 6) is -6.48. The third kappa shape index (κ3) is 2.41. The first-order valence-corrected chi connectivity index (χ1v) is 10.8. The summed E-state index contributed by atoms with van der Waals surface area (Å²) in [6.45, 7) is 3.72. The van der Waals surface area contributed by atoms with E-state index in [-0.39, 0.29) is 11.1 Å². The number of nitrogens with zero attached hydrogens (tertiary/aromatic N) is 1. The van der Waals surface area contributed by atoms with Crippen molar-refractivity contribution in [3.05, 3.63) is 46.2 Å². The molecule has 1 fully saturated rings. The molecule has 0 aromatic heterocycles. The Labute approximate surface area is 200 Å². The Bertz CT molecular complexity index is 1280. The number of aliphatic hydroxyl groups excluding tert-OH is 3. The Morgan fingerprint density at radius 2 is 1.63 bits per heavy atom. The number of amides is 1. The lowest BCUT2D eigenvalue weighted by molar-refractivity contribution is -0.236. The van der Waals surface area contributed by atoms with Gasteiger partial charge in [0, 0.05) is 0 Å². The minimum Gasteiger partial charge on any atom is -0.508 e. The highest BCUT2D eigenvalue weighted by molar-refractivity contribution is 6.25. The van der Waals surface area contributed by atoms with Gasteiger partial charge < -0.3 is 36.4 Å². The largest absolute Gasteiger partial charge is 0.508 e. The van der Waals surface area contributed by atoms with Gasteiger partial charge in [-0.2, -0.15) is 0 Å². The number of phenolic OH excluding ortho intramolecular Hbond substituents is 1. The highest BCUT2D eigenvalue weighted by Crippen LogP contribution is 2.67. The van der Waals surface area contributed by atoms with E-state index >= 15 is 0 Å². The van der Waals surface area contributed by atoms with Gasteiger partial charge in [-0.05, 0) is 39.6 Å². The minimum atomic E-state index is -3.11. The molecule has 0 saturated heterocycles. The van der Waals surface area contributed by atoms with Crippen LogP contribution in [0.1, 0.15) is 31.9 Å². The molecule has 4 rings (SSSR count). The number of carbonyl (C=O) groups excluding carboxylic acids is 3. The molecule has 0 heterocycles. The zero-order valence-electron chi connectivity index (χ0n) is 19.8. The Kier molecular flexibility index (Phi) is 4.91. The average Bonchev–Trinajstić information content (AvgIpc) is 2.74. The second-order valence-corrected chi connectivity index (χ2v) is 10.2. The van der Waals surface area contributed by atoms with Crippen LogP contribution in [0.3, 0.4) is 0 Å². The molecule has 1 aromatic carbocycles. The van der Waals surface area contributed by atoms with E-state index in [4.69, 9.17) is 5.73 Å². The molecule has 188 valence electrons. The number of aromatic hydroxyl groups is 1. The molecular formula is C24H28N2O9. The van der Waals surface area contributed by atoms with E-state index in [1.807, 2.05) is 0 Å². The Balaban J connectivity index is 2.22. The molecule has 1 amide bonds. The Morgan fingerprint density at radius 3 is 2.14 bits per heavy atom. The molecule has 8 N–H and O–H groups in total. The van der Waals surface area contributed by atoms with E-state index in [9.17, 15) is 45.0 Å². The van der Waals surface area contributed by atoms with Gasteiger partial charge in [0.15, 0.2) is 11.4 Å². The molecular weight excluding hydrogens is 460 g/mol. The van der Waals surface area contributed by atoms with Crippen molar-refractivity contribution in [1.29, 1.82) is 0 Å². The van der Waals surface area contributed by atoms with E-state index in [1.54, 1.807) is 0 Å². The second kappa shape index (κ2) is 6.91. The second-order valence-electron chi connectivity index (χ2n) is 10.2. The number of likely N-dealkylation sites (N-methyl/N-ethyl adjacent to an activating group) is 1. The maximum absolute atomic E-state index is 14.1. The van der Waals surface area contributed by atoms with Gasteiger partial charge in [0.2, 0.25) is 5.78 Å². The van der Waals surface area contributed by atoms with Gasteiger partial charge in [-0.15, -0.1) is 0 Å². The normalized spacial score (nSPS) is 38.9. The summed E-state index contributed by atoms with van der Waals surface area (Å²) in [5.41, 5.74) is -6.25. The van der Waals surface area contributed by atoms with E-state index < -0.39 is 80.1 Å². The van der Waals surface area contributed by atoms with Crippen molar-refractivity contribution < 1.29 is 45.0 Å². The van der Waals surface area contributed by atoms with Gasteiger partial charge >= 0.3 is 0 Å². The summed E-state index contributed by atoms with van der Waals surface area (Å²) in [7, 11) is 2.81. The van der Waals surface area contributed by atoms with Crippen molar-refractivity contribution in [3.8, 4) is 5.75 Å². The van der Waals surface area contributed by atoms with Gasteiger partial charge in [-0.25, -0.2) is 0 Å². The van der Waals surface area contributed by atoms with Crippen LogP contribution in [0.25, 0.3) is 5.76 Å². The molecule has 3 aliphatic carbocycles. The van der Waals surface area contributed by atoms with Crippen molar-refractivity contribution in [2.24, 2.45) is 16.6 Å². The summed E-state index contributed by atoms with van der Waals surface area (Å²) in [6, 6.07) is 2.44. The standard InChI is InChI=1S/C24H28N2O9/c1-21-13(14(28)11-9(23(21,3)34)7-6-8-10(11)27)18(31)24(35)17(30)12(19(25)32)15(29)16(26(4)5)22(24,2)20(21)33/h6-8,16,20,27-28,30,33-35H,1-5H3,(H2,25,32)/t16-,20+,21-,22-,23-,24-/m1/s1. The Morgan fingerprint density at radius 1 is 1.06 bits per heavy atom. The van der Waals surface area contributed by atoms with Gasteiger partial charge in [0.25, 0.3) is 5.91 Å². The number of hydrogen-bond donors (Lipinski definition) is 7. The number of hydrogen-bond acceptors (Lipinski definition) is 10. The molecule has 11 nitrogen and oxygen atoms in total. The monoisotopic (exact) mass is 488 g/mol. The smallest absolute Gasteiger partial charge is 0.255 e. The molecule has 0 bridgehead atoms. The zero-order valence-corrected chi connectivity index (χ0v) is 19.8. The first kappa shape index (κ1) is 24.9. The topological polar surface area (TPSA) is 202 Å². The number of benzene rings is 1. The van der Waals surface area contributed by atoms with Crippen LogP contribution >= 0.6 is 0 Å². The highest BCUT2D eigenvalue weighted by atomic mass is 16.4. The number of Topliss-reactive ketones (excluding diaryl/α,β-unsaturated/α-hetero) is 2. The zero-order chi connectivity index (χ0) is 26.6. The summed E-state index contributed by atoms with van der Waals surface area (Å²) >= 11 is 0. The quantitative estimate of drug-likeness (QED) is 0.263. The van der Waals surface area contributed by atoms with Crippen LogP contribution in [0.4, 0.5) is 0 Å². The van der Waals surface area contributed by atoms with Crippen LogP contribution in [0.15, 0.2) is 35.1 Å². The molecule has 0 spiro atoms. The number of phenols is 1. The van der Waals surface area contributed by atoms with Crippen LogP contribution in [-0.4, -0.2) is 84.9 Å². The maximum atomic E-state index is 14.1. The van der Waals surface area contributed by atoms with Gasteiger partial charge in [0.1, 0.15) is 22.8 Å². The summed E-state index contributed by atoms with van der Waals surface area (Å²) in [5, 5.41) is 68.2. The lowest BCUT2D eigenvalue weighted by atomic mass is 9.41. The molecule has 1 saturated carbocycles. The van der Waals surface area contributed by atoms with Gasteiger partial charge in [0.05, 0.1) is 39.7 Å². The highest BCUT2D eigenvalue weighted by Gasteiger charge is 2.79. The molecule has 0 unspecified atom stereocenters. The third-order valence-electron chi connectivity index (χ3n) is 8.43. The van der Waals surface area contributed by atoms with Gasteiger partial charge in [-0.1, -0.05) is 19.1 Å². The number of fused-ring (bicyclic) bond motifs is 3. The maximum Gasteiger partial charge on any atom is 0.255 e. The number of ketones is 2. The predicted octanol–water partition coefficient (Wildman–Crippen LogP) is -0.620. The molecule has 1 aromatic rings. The first-order valence-electron chi connectivity index (χ1n) is 10.8. The van der Waals surface area contributed by atoms with E-state index in [0.29, 0.717) is 0 Å². The van der Waals surface area contributed by atoms with Gasteiger partial charge in [-0.3, -0.25) is 19.3 Å². The molecule has 35 heavy (non-hydrogen) atoms. The number of aliphatic hydroxyl groups is 5. The lowest BCUT2D eigenvalue weighted by Crippen LogP contribution is -2.79. The van der Waals surface area contributed by atoms with Crippen LogP contribution in [-0.2, 0) is 20.0 Å².